The van der Waals surface area contributed by atoms with E-state index in [0.717, 1.165) is 12.1 Å². The number of nitrogens with one attached hydrogen (secondary N) is 8. The maximum Gasteiger partial charge on any atom is 0.243 e. The number of likely N-dealkylation sites (tertiary alicyclic amines) is 1. The fraction of sp³-hybridized carbons (Fsp3) is 0.370. The van der Waals surface area contributed by atoms with E-state index in [-0.39, 0.29) is 160 Å². The van der Waals surface area contributed by atoms with Crippen molar-refractivity contribution in [1.82, 2.24) is 75.5 Å². The third-order valence-electron chi connectivity index (χ3n) is 20.8. The highest BCUT2D eigenvalue weighted by Gasteiger charge is 2.36. The molecule has 0 spiro atoms. The summed E-state index contributed by atoms with van der Waals surface area (Å²) in [6.45, 7) is 15.3. The van der Waals surface area contributed by atoms with Gasteiger partial charge in [0.05, 0.1) is 147 Å². The number of hydrogen-bond donors (Lipinski definition) is 8. The molecule has 8 N–H and O–H groups in total. The average molecular weight is 1680 g/mol. The molecule has 4 aliphatic heterocycles. The third-order valence-corrected chi connectivity index (χ3v) is 21.6. The Bertz CT molecular complexity index is 5500. The predicted octanol–water partition coefficient (Wildman–Crippen LogP) is 10.6. The molecule has 14 rings (SSSR count). The van der Waals surface area contributed by atoms with Crippen LogP contribution in [-0.4, -0.2) is 214 Å². The van der Waals surface area contributed by atoms with Crippen LogP contribution >= 0.6 is 23.2 Å². The number of nitrogens with zero attached hydrogens (tertiary/aromatic N) is 12. The topological polar surface area (TPSA) is 368 Å². The molecule has 32 nitrogen and oxygen atoms in total. The van der Waals surface area contributed by atoms with Gasteiger partial charge >= 0.3 is 0 Å². The number of carbonyl (C=O) groups is 3. The lowest BCUT2D eigenvalue weighted by Crippen LogP contribution is -2.52. The fourth-order valence-corrected chi connectivity index (χ4v) is 15.2. The van der Waals surface area contributed by atoms with E-state index in [0.29, 0.717) is 115 Å². The summed E-state index contributed by atoms with van der Waals surface area (Å²) in [4.78, 5) is 82.3. The molecule has 4 saturated heterocycles. The van der Waals surface area contributed by atoms with Crippen LogP contribution in [0.15, 0.2) is 105 Å². The largest absolute Gasteiger partial charge is 0.495 e. The Morgan fingerprint density at radius 3 is 1.48 bits per heavy atom. The molecule has 8 atom stereocenters. The Kier molecular flexibility index (Phi) is 26.1. The summed E-state index contributed by atoms with van der Waals surface area (Å²) in [6, 6.07) is 5.54. The Hall–Kier alpha value is -12.1. The number of piperidine rings is 1. The minimum absolute atomic E-state index is 0.0420. The molecule has 0 bridgehead atoms. The molecule has 624 valence electrons. The number of hydrogen-bond acceptors (Lipinski definition) is 28. The third kappa shape index (κ3) is 18.5. The van der Waals surface area contributed by atoms with Gasteiger partial charge in [0.25, 0.3) is 0 Å². The zero-order chi connectivity index (χ0) is 83.7. The summed E-state index contributed by atoms with van der Waals surface area (Å²) in [5.41, 5.74) is 1.54. The number of amides is 3. The van der Waals surface area contributed by atoms with Crippen molar-refractivity contribution in [2.24, 2.45) is 0 Å². The lowest BCUT2D eigenvalue weighted by Gasteiger charge is -2.37. The zero-order valence-corrected chi connectivity index (χ0v) is 67.2. The second-order valence-electron chi connectivity index (χ2n) is 28.4. The highest BCUT2D eigenvalue weighted by Crippen LogP contribution is 2.47. The van der Waals surface area contributed by atoms with Gasteiger partial charge in [0.1, 0.15) is 29.1 Å². The minimum atomic E-state index is -1.13. The molecule has 0 radical (unpaired) electrons. The number of anilines is 5. The van der Waals surface area contributed by atoms with Gasteiger partial charge in [0.15, 0.2) is 64.1 Å². The van der Waals surface area contributed by atoms with Crippen molar-refractivity contribution in [2.75, 3.05) is 115 Å². The number of rotatable bonds is 31. The van der Waals surface area contributed by atoms with Gasteiger partial charge in [-0.25, -0.2) is 57.4 Å². The highest BCUT2D eigenvalue weighted by molar-refractivity contribution is 6.41. The van der Waals surface area contributed by atoms with Gasteiger partial charge < -0.3 is 85.2 Å². The van der Waals surface area contributed by atoms with Crippen molar-refractivity contribution in [3.05, 3.63) is 150 Å². The van der Waals surface area contributed by atoms with Crippen LogP contribution in [0, 0.1) is 23.3 Å². The molecule has 0 saturated carbocycles. The van der Waals surface area contributed by atoms with Crippen molar-refractivity contribution in [2.45, 2.75) is 107 Å². The van der Waals surface area contributed by atoms with E-state index in [1.807, 2.05) is 11.8 Å². The molecule has 4 fully saturated rings. The van der Waals surface area contributed by atoms with Crippen LogP contribution in [0.3, 0.4) is 0 Å². The first-order valence-electron chi connectivity index (χ1n) is 38.3. The molecule has 38 heteroatoms. The lowest BCUT2D eigenvalue weighted by atomic mass is 10.0. The molecule has 119 heavy (non-hydrogen) atoms. The van der Waals surface area contributed by atoms with Crippen LogP contribution in [0.2, 0.25) is 10.0 Å². The van der Waals surface area contributed by atoms with E-state index in [1.165, 1.54) is 71.2 Å². The first-order valence-corrected chi connectivity index (χ1v) is 39.0. The van der Waals surface area contributed by atoms with Crippen LogP contribution in [0.25, 0.3) is 66.5 Å². The molecule has 11 heterocycles. The quantitative estimate of drug-likeness (QED) is 0.0148. The average Bonchev–Trinajstić information content (AvgIpc) is 1.44. The van der Waals surface area contributed by atoms with Gasteiger partial charge in [0, 0.05) is 116 Å². The molecule has 3 amide bonds. The van der Waals surface area contributed by atoms with E-state index in [4.69, 9.17) is 95.7 Å². The Morgan fingerprint density at radius 2 is 0.983 bits per heavy atom. The highest BCUT2D eigenvalue weighted by atomic mass is 35.5. The van der Waals surface area contributed by atoms with Gasteiger partial charge in [-0.3, -0.25) is 28.9 Å². The van der Waals surface area contributed by atoms with Crippen LogP contribution in [-0.2, 0) is 48.1 Å². The fourth-order valence-electron chi connectivity index (χ4n) is 14.6. The summed E-state index contributed by atoms with van der Waals surface area (Å²) in [5.74, 6) is -5.57. The summed E-state index contributed by atoms with van der Waals surface area (Å²) < 4.78 is 122. The molecule has 4 aliphatic rings. The maximum absolute atomic E-state index is 18.0. The second-order valence-corrected chi connectivity index (χ2v) is 29.1. The maximum atomic E-state index is 18.0. The Morgan fingerprint density at radius 1 is 0.538 bits per heavy atom. The van der Waals surface area contributed by atoms with Gasteiger partial charge in [-0.15, -0.1) is 0 Å². The van der Waals surface area contributed by atoms with Gasteiger partial charge in [-0.05, 0) is 75.6 Å². The van der Waals surface area contributed by atoms with Crippen LogP contribution in [0.4, 0.5) is 47.0 Å². The van der Waals surface area contributed by atoms with Gasteiger partial charge in [0.2, 0.25) is 35.6 Å². The van der Waals surface area contributed by atoms with E-state index in [1.54, 1.807) is 42.5 Å². The molecular weight excluding hydrogens is 1590 g/mol. The summed E-state index contributed by atoms with van der Waals surface area (Å²) in [7, 11) is 6.93. The smallest absolute Gasteiger partial charge is 0.243 e. The number of halogens is 6. The lowest BCUT2D eigenvalue weighted by molar-refractivity contribution is -0.118. The predicted molar refractivity (Wildman–Crippen MR) is 437 cm³/mol. The van der Waals surface area contributed by atoms with Crippen molar-refractivity contribution in [3.8, 4) is 68.3 Å². The number of aromatic nitrogens is 11. The number of methoxy groups -OCH3 is 4. The van der Waals surface area contributed by atoms with Gasteiger partial charge in [-0.2, -0.15) is 5.10 Å². The molecular formula is C81H86Cl2F4N20O12. The molecule has 7 aromatic heterocycles. The molecule has 2 unspecified atom stereocenters. The first-order chi connectivity index (χ1) is 57.7. The van der Waals surface area contributed by atoms with E-state index < -0.39 is 70.5 Å². The first kappa shape index (κ1) is 83.4. The molecule has 3 aromatic carbocycles. The number of carbonyl (C=O) groups excluding carboxylic acids is 3. The number of benzene rings is 3. The van der Waals surface area contributed by atoms with Gasteiger partial charge in [-0.1, -0.05) is 49.9 Å². The van der Waals surface area contributed by atoms with E-state index in [9.17, 15) is 14.4 Å². The Labute approximate surface area is 689 Å². The normalized spacial score (nSPS) is 19.4. The zero-order valence-electron chi connectivity index (χ0n) is 65.7. The van der Waals surface area contributed by atoms with Crippen molar-refractivity contribution >= 4 is 103 Å². The monoisotopic (exact) mass is 1680 g/mol. The summed E-state index contributed by atoms with van der Waals surface area (Å²) >= 11 is 14.3. The van der Waals surface area contributed by atoms with Crippen LogP contribution < -0.4 is 71.0 Å². The number of pyridine rings is 3. The number of fused-ring (bicyclic) bond motifs is 3. The number of aryl methyl sites for hydroxylation is 1. The minimum Gasteiger partial charge on any atom is -0.495 e. The SMILES string of the molecule is C=CC(=O)N[C@H]1CCOC[C@H]1Nc1ncc2cc(-c3c(Cl)c(OC)cc(OCCn4cc(CNc5nc(-c6c(F)c(OC)cc(OC7CC(Nc8nc(-c9c(F)c(OC)cc(OC)c9F)cc9cnc(N[C@@H]%10COCC[C@@H]%10NC(=O)C=C)nc89)CCN7C)c6F)cc6cnc(N[C@@H]7COCC[C@@H]7NC(=O)C=C)nc56)cn4)c3Cl)nc(CC)c2n1. The van der Waals surface area contributed by atoms with Crippen LogP contribution in [0.1, 0.15) is 50.3 Å². The molecule has 10 aromatic rings. The van der Waals surface area contributed by atoms with E-state index >= 15 is 17.6 Å². The standard InChI is InChI=1S/C81H86Cl2F4N20O12/c1-10-45-74-41(33-89-79(103-74)100-52-37-115-20-15-46(52)95-61(108)11-2)24-49(94-45)65-68(82)55(111-6)28-56(69(65)83)118-23-19-107-36-40(32-92-107)31-88-77-75-42(34-90-80(104-75)101-53-38-116-21-16-47(53)96-62(109)12-3)25-50(98-77)67-72(86)59(114-9)30-60(73(67)87)119-64-27-44(14-18-106(64)5)93-78-76-43(26-51(99-78)66-70(84)57(112-7)29-58(113-8)71(66)85)35-91-81(105-76)102-54-39-117-22-17-48(54)97-63(110)13-4/h11-13,24-26,28-30,32-36,44,46-48,52-54,64H,2-4,10,14-23,27,31,37-39H2,1,5-9H3,(H,88,98)(H,93,99)(H,95,108)(H,96,109)(H,97,110)(H,89,100,103)(H,90,101,104)(H,91,102,105)/t44?,46-,47-,48-,52+,53+,54+,64?/m0/s1. The summed E-state index contributed by atoms with van der Waals surface area (Å²) in [6.07, 6.45) is 13.2. The van der Waals surface area contributed by atoms with E-state index in [2.05, 4.69) is 82.3 Å². The van der Waals surface area contributed by atoms with Crippen molar-refractivity contribution in [1.29, 1.82) is 0 Å². The van der Waals surface area contributed by atoms with Crippen molar-refractivity contribution < 1.29 is 74.6 Å². The Balaban J connectivity index is 0.729. The second kappa shape index (κ2) is 37.2. The van der Waals surface area contributed by atoms with Crippen molar-refractivity contribution in [3.63, 3.8) is 0 Å². The van der Waals surface area contributed by atoms with Crippen LogP contribution in [0.5, 0.6) is 34.5 Å². The molecule has 0 aliphatic carbocycles. The summed E-state index contributed by atoms with van der Waals surface area (Å²) in [5, 5.41) is 31.7. The number of ether oxygens (including phenoxy) is 9.